The first kappa shape index (κ1) is 24.2. The van der Waals surface area contributed by atoms with Gasteiger partial charge in [0, 0.05) is 57.2 Å². The molecule has 1 fully saturated rings. The summed E-state index contributed by atoms with van der Waals surface area (Å²) in [7, 11) is 1.69. The van der Waals surface area contributed by atoms with Crippen molar-refractivity contribution in [1.82, 2.24) is 14.8 Å². The molecule has 0 bridgehead atoms. The number of para-hydroxylation sites is 1. The van der Waals surface area contributed by atoms with Crippen LogP contribution in [-0.2, 0) is 6.54 Å². The highest BCUT2D eigenvalue weighted by Crippen LogP contribution is 2.23. The Morgan fingerprint density at radius 2 is 1.86 bits per heavy atom. The molecule has 2 heterocycles. The number of amides is 2. The number of hydrogen-bond acceptors (Lipinski definition) is 5. The maximum absolute atomic E-state index is 13.8. The van der Waals surface area contributed by atoms with E-state index in [1.807, 2.05) is 31.2 Å². The van der Waals surface area contributed by atoms with Crippen LogP contribution < -0.4 is 9.64 Å². The molecule has 1 aliphatic rings. The Balaban J connectivity index is 1.35. The van der Waals surface area contributed by atoms with Gasteiger partial charge in [-0.25, -0.2) is 14.2 Å². The van der Waals surface area contributed by atoms with Crippen LogP contribution >= 0.6 is 0 Å². The molecule has 0 aliphatic carbocycles. The number of nitrogens with zero attached hydrogens (tertiary/aromatic N) is 4. The standard InChI is InChI=1S/C26H27FN4O4/c1-18-16-30(13-14-31(18)26(33)34)17-19-7-10-21(11-8-19)29(2)25(32)20-9-12-24(28-15-20)35-23-6-4-3-5-22(23)27/h3-12,15,18H,13-14,16-17H2,1-2H3,(H,33,34)/t18-/m0/s1. The minimum absolute atomic E-state index is 0.0543. The number of hydrogen-bond donors (Lipinski definition) is 1. The zero-order chi connectivity index (χ0) is 24.9. The fraction of sp³-hybridized carbons (Fsp3) is 0.269. The molecule has 1 atom stereocenters. The van der Waals surface area contributed by atoms with Crippen LogP contribution in [0.4, 0.5) is 14.9 Å². The highest BCUT2D eigenvalue weighted by Gasteiger charge is 2.27. The lowest BCUT2D eigenvalue weighted by atomic mass is 10.1. The molecule has 1 aromatic heterocycles. The van der Waals surface area contributed by atoms with Crippen LogP contribution in [0.2, 0.25) is 0 Å². The largest absolute Gasteiger partial charge is 0.465 e. The van der Waals surface area contributed by atoms with Gasteiger partial charge in [-0.05, 0) is 42.8 Å². The highest BCUT2D eigenvalue weighted by molar-refractivity contribution is 6.05. The van der Waals surface area contributed by atoms with Crippen LogP contribution in [0.3, 0.4) is 0 Å². The van der Waals surface area contributed by atoms with Gasteiger partial charge in [-0.2, -0.15) is 0 Å². The van der Waals surface area contributed by atoms with Crippen LogP contribution in [0.5, 0.6) is 11.6 Å². The lowest BCUT2D eigenvalue weighted by Crippen LogP contribution is -2.53. The van der Waals surface area contributed by atoms with E-state index in [1.165, 1.54) is 34.2 Å². The summed E-state index contributed by atoms with van der Waals surface area (Å²) >= 11 is 0. The number of anilines is 1. The maximum atomic E-state index is 13.8. The third-order valence-electron chi connectivity index (χ3n) is 6.03. The number of benzene rings is 2. The van der Waals surface area contributed by atoms with Gasteiger partial charge in [0.15, 0.2) is 11.6 Å². The molecule has 0 saturated carbocycles. The number of carbonyl (C=O) groups excluding carboxylic acids is 1. The minimum atomic E-state index is -0.878. The van der Waals surface area contributed by atoms with Crippen LogP contribution in [0.1, 0.15) is 22.8 Å². The Bertz CT molecular complexity index is 1190. The molecule has 1 aliphatic heterocycles. The lowest BCUT2D eigenvalue weighted by molar-refractivity contribution is 0.0711. The lowest BCUT2D eigenvalue weighted by Gasteiger charge is -2.38. The van der Waals surface area contributed by atoms with E-state index in [0.29, 0.717) is 31.7 Å². The highest BCUT2D eigenvalue weighted by atomic mass is 19.1. The SMILES string of the molecule is C[C@H]1CN(Cc2ccc(N(C)C(=O)c3ccc(Oc4ccccc4F)nc3)cc2)CCN1C(=O)O. The van der Waals surface area contributed by atoms with Crippen molar-refractivity contribution in [3.8, 4) is 11.6 Å². The van der Waals surface area contributed by atoms with Gasteiger partial charge in [0.1, 0.15) is 0 Å². The number of ether oxygens (including phenoxy) is 1. The van der Waals surface area contributed by atoms with Gasteiger partial charge in [-0.1, -0.05) is 24.3 Å². The quantitative estimate of drug-likeness (QED) is 0.563. The summed E-state index contributed by atoms with van der Waals surface area (Å²) in [6.07, 6.45) is 0.526. The van der Waals surface area contributed by atoms with Crippen LogP contribution in [0, 0.1) is 5.82 Å². The molecular weight excluding hydrogens is 451 g/mol. The zero-order valence-corrected chi connectivity index (χ0v) is 19.6. The van der Waals surface area contributed by atoms with Gasteiger partial charge >= 0.3 is 6.09 Å². The van der Waals surface area contributed by atoms with Gasteiger partial charge < -0.3 is 19.6 Å². The van der Waals surface area contributed by atoms with Crippen LogP contribution in [0.25, 0.3) is 0 Å². The Hall–Kier alpha value is -3.98. The Morgan fingerprint density at radius 3 is 2.49 bits per heavy atom. The molecule has 1 N–H and O–H groups in total. The van der Waals surface area contributed by atoms with E-state index in [2.05, 4.69) is 9.88 Å². The first-order valence-electron chi connectivity index (χ1n) is 11.3. The third-order valence-corrected chi connectivity index (χ3v) is 6.03. The van der Waals surface area contributed by atoms with E-state index in [4.69, 9.17) is 4.74 Å². The minimum Gasteiger partial charge on any atom is -0.465 e. The number of aromatic nitrogens is 1. The monoisotopic (exact) mass is 478 g/mol. The number of halogens is 1. The Labute approximate surface area is 203 Å². The van der Waals surface area contributed by atoms with Crippen molar-refractivity contribution in [1.29, 1.82) is 0 Å². The third kappa shape index (κ3) is 5.75. The Kier molecular flexibility index (Phi) is 7.26. The van der Waals surface area contributed by atoms with Gasteiger partial charge in [-0.15, -0.1) is 0 Å². The molecule has 0 radical (unpaired) electrons. The van der Waals surface area contributed by atoms with Crippen molar-refractivity contribution in [2.45, 2.75) is 19.5 Å². The fourth-order valence-corrected chi connectivity index (χ4v) is 4.06. The average Bonchev–Trinajstić information content (AvgIpc) is 2.85. The molecule has 182 valence electrons. The summed E-state index contributed by atoms with van der Waals surface area (Å²) in [5.41, 5.74) is 2.19. The molecule has 0 spiro atoms. The smallest absolute Gasteiger partial charge is 0.407 e. The van der Waals surface area contributed by atoms with Crippen molar-refractivity contribution in [2.75, 3.05) is 31.6 Å². The van der Waals surface area contributed by atoms with Gasteiger partial charge in [0.25, 0.3) is 5.91 Å². The number of carbonyl (C=O) groups is 2. The van der Waals surface area contributed by atoms with Crippen LogP contribution in [0.15, 0.2) is 66.9 Å². The fourth-order valence-electron chi connectivity index (χ4n) is 4.06. The van der Waals surface area contributed by atoms with E-state index in [-0.39, 0.29) is 23.6 Å². The van der Waals surface area contributed by atoms with Crippen LogP contribution in [-0.4, -0.2) is 64.6 Å². The first-order valence-corrected chi connectivity index (χ1v) is 11.3. The summed E-state index contributed by atoms with van der Waals surface area (Å²) in [5.74, 6) is -0.470. The average molecular weight is 479 g/mol. The summed E-state index contributed by atoms with van der Waals surface area (Å²) < 4.78 is 19.2. The molecule has 2 aromatic carbocycles. The zero-order valence-electron chi connectivity index (χ0n) is 19.6. The van der Waals surface area contributed by atoms with Crippen molar-refractivity contribution in [3.05, 3.63) is 83.8 Å². The molecular formula is C26H27FN4O4. The summed E-state index contributed by atoms with van der Waals surface area (Å²) in [5, 5.41) is 9.23. The van der Waals surface area contributed by atoms with E-state index in [9.17, 15) is 19.1 Å². The molecule has 0 unspecified atom stereocenters. The second-order valence-corrected chi connectivity index (χ2v) is 8.51. The predicted molar refractivity (Wildman–Crippen MR) is 129 cm³/mol. The number of carboxylic acid groups (broad SMARTS) is 1. The van der Waals surface area contributed by atoms with Crippen molar-refractivity contribution in [2.24, 2.45) is 0 Å². The van der Waals surface area contributed by atoms with E-state index in [0.717, 1.165) is 11.3 Å². The summed E-state index contributed by atoms with van der Waals surface area (Å²) in [4.78, 5) is 33.5. The number of rotatable bonds is 6. The molecule has 4 rings (SSSR count). The van der Waals surface area contributed by atoms with E-state index in [1.54, 1.807) is 25.2 Å². The molecule has 3 aromatic rings. The second kappa shape index (κ2) is 10.5. The van der Waals surface area contributed by atoms with Crippen molar-refractivity contribution < 1.29 is 23.8 Å². The molecule has 2 amide bonds. The van der Waals surface area contributed by atoms with Crippen molar-refractivity contribution in [3.63, 3.8) is 0 Å². The van der Waals surface area contributed by atoms with Gasteiger partial charge in [0.2, 0.25) is 5.88 Å². The first-order chi connectivity index (χ1) is 16.8. The number of pyridine rings is 1. The molecule has 9 heteroatoms. The summed E-state index contributed by atoms with van der Waals surface area (Å²) in [6.45, 7) is 4.47. The topological polar surface area (TPSA) is 86.2 Å². The number of piperazine rings is 1. The predicted octanol–water partition coefficient (Wildman–Crippen LogP) is 4.47. The molecule has 35 heavy (non-hydrogen) atoms. The molecule has 8 nitrogen and oxygen atoms in total. The van der Waals surface area contributed by atoms with E-state index < -0.39 is 11.9 Å². The normalized spacial score (nSPS) is 16.1. The maximum Gasteiger partial charge on any atom is 0.407 e. The van der Waals surface area contributed by atoms with E-state index >= 15 is 0 Å². The van der Waals surface area contributed by atoms with Gasteiger partial charge in [-0.3, -0.25) is 9.69 Å². The molecule has 1 saturated heterocycles. The van der Waals surface area contributed by atoms with Crippen molar-refractivity contribution >= 4 is 17.7 Å². The second-order valence-electron chi connectivity index (χ2n) is 8.51. The Morgan fingerprint density at radius 1 is 1.11 bits per heavy atom. The van der Waals surface area contributed by atoms with Gasteiger partial charge in [0.05, 0.1) is 5.56 Å². The summed E-state index contributed by atoms with van der Waals surface area (Å²) in [6, 6.07) is 16.8.